The van der Waals surface area contributed by atoms with Gasteiger partial charge in [-0.3, -0.25) is 0 Å². The number of hydrogen-bond donors (Lipinski definition) is 3. The molecular weight excluding hydrogens is 384 g/mol. The van der Waals surface area contributed by atoms with Crippen LogP contribution in [0.25, 0.3) is 0 Å². The van der Waals surface area contributed by atoms with E-state index in [2.05, 4.69) is 53.7 Å². The highest BCUT2D eigenvalue weighted by atomic mass is 16.3. The molecule has 0 aliphatic heterocycles. The highest BCUT2D eigenvalue weighted by Crippen LogP contribution is 2.68. The number of allylic oxidation sites excluding steroid dienone is 2. The lowest BCUT2D eigenvalue weighted by molar-refractivity contribution is -0.221. The third-order valence-electron chi connectivity index (χ3n) is 10.7. The first kappa shape index (κ1) is 23.5. The lowest BCUT2D eigenvalue weighted by Crippen LogP contribution is -2.67. The van der Waals surface area contributed by atoms with Crippen LogP contribution in [0.1, 0.15) is 86.5 Å². The molecule has 3 nitrogen and oxygen atoms in total. The smallest absolute Gasteiger partial charge is 0.102 e. The van der Waals surface area contributed by atoms with Crippen molar-refractivity contribution in [2.24, 2.45) is 46.3 Å². The summed E-state index contributed by atoms with van der Waals surface area (Å²) in [5, 5.41) is 33.8. The summed E-state index contributed by atoms with van der Waals surface area (Å²) in [6.07, 6.45) is 12.3. The zero-order valence-corrected chi connectivity index (χ0v) is 20.6. The van der Waals surface area contributed by atoms with Gasteiger partial charge in [0.25, 0.3) is 0 Å². The molecule has 0 spiro atoms. The van der Waals surface area contributed by atoms with Crippen molar-refractivity contribution in [3.8, 4) is 0 Å². The van der Waals surface area contributed by atoms with Crippen LogP contribution in [0.5, 0.6) is 0 Å². The van der Waals surface area contributed by atoms with Crippen molar-refractivity contribution in [2.75, 3.05) is 0 Å². The average Bonchev–Trinajstić information content (AvgIpc) is 3.06. The maximum absolute atomic E-state index is 12.3. The SMILES string of the molecule is CC(C)C(C)/C=C/[C@@H](C)[C@H]1CC[C@@H]2[C@]1(C)CC[C@H]1[C@@]2(O)[C@@H](O)C=C2C[C@@H](O)CC[C@@]21C. The van der Waals surface area contributed by atoms with E-state index >= 15 is 0 Å². The number of hydrogen-bond acceptors (Lipinski definition) is 3. The molecule has 10 atom stereocenters. The Hall–Kier alpha value is -0.640. The van der Waals surface area contributed by atoms with Gasteiger partial charge in [-0.2, -0.15) is 0 Å². The third kappa shape index (κ3) is 3.49. The summed E-state index contributed by atoms with van der Waals surface area (Å²) >= 11 is 0. The van der Waals surface area contributed by atoms with E-state index in [0.717, 1.165) is 38.5 Å². The molecular formula is C28H46O3. The molecule has 31 heavy (non-hydrogen) atoms. The summed E-state index contributed by atoms with van der Waals surface area (Å²) in [6.45, 7) is 13.9. The molecule has 4 aliphatic rings. The molecule has 0 aromatic carbocycles. The van der Waals surface area contributed by atoms with Crippen LogP contribution in [-0.2, 0) is 0 Å². The second-order valence-electron chi connectivity index (χ2n) is 12.5. The highest BCUT2D eigenvalue weighted by Gasteiger charge is 2.68. The Balaban J connectivity index is 1.63. The standard InChI is InChI=1S/C28H46O3/c1-17(2)18(3)7-8-19(4)22-9-10-23-27(22,6)14-12-24-26(5)13-11-21(29)15-20(26)16-25(30)28(23,24)31/h7-8,16-19,21-25,29-31H,9-15H2,1-6H3/b8-7+/t18?,19-,21+,22-,23-,24-,25+,26+,27-,28-/m1/s1. The fourth-order valence-electron chi connectivity index (χ4n) is 8.32. The Bertz CT molecular complexity index is 741. The molecule has 3 fully saturated rings. The molecule has 0 radical (unpaired) electrons. The van der Waals surface area contributed by atoms with E-state index in [4.69, 9.17) is 0 Å². The van der Waals surface area contributed by atoms with Gasteiger partial charge >= 0.3 is 0 Å². The fraction of sp³-hybridized carbons (Fsp3) is 0.857. The summed E-state index contributed by atoms with van der Waals surface area (Å²) in [6, 6.07) is 0. The van der Waals surface area contributed by atoms with Crippen molar-refractivity contribution >= 4 is 0 Å². The predicted molar refractivity (Wildman–Crippen MR) is 126 cm³/mol. The number of aliphatic hydroxyl groups is 3. The quantitative estimate of drug-likeness (QED) is 0.516. The minimum Gasteiger partial charge on any atom is -0.393 e. The molecule has 0 aromatic rings. The molecule has 0 bridgehead atoms. The van der Waals surface area contributed by atoms with E-state index < -0.39 is 11.7 Å². The molecule has 3 N–H and O–H groups in total. The normalized spacial score (nSPS) is 49.4. The third-order valence-corrected chi connectivity index (χ3v) is 10.7. The van der Waals surface area contributed by atoms with E-state index in [0.29, 0.717) is 30.1 Å². The van der Waals surface area contributed by atoms with Crippen molar-refractivity contribution in [2.45, 2.75) is 104 Å². The molecule has 3 heteroatoms. The maximum Gasteiger partial charge on any atom is 0.102 e. The van der Waals surface area contributed by atoms with Gasteiger partial charge in [0.05, 0.1) is 6.10 Å². The minimum absolute atomic E-state index is 0.0624. The second-order valence-corrected chi connectivity index (χ2v) is 12.5. The minimum atomic E-state index is -1.04. The molecule has 4 aliphatic carbocycles. The van der Waals surface area contributed by atoms with E-state index in [9.17, 15) is 15.3 Å². The van der Waals surface area contributed by atoms with Crippen LogP contribution < -0.4 is 0 Å². The Kier molecular flexibility index (Phi) is 6.06. The second kappa shape index (κ2) is 7.99. The van der Waals surface area contributed by atoms with Crippen LogP contribution >= 0.6 is 0 Å². The lowest BCUT2D eigenvalue weighted by Gasteiger charge is -2.63. The Morgan fingerprint density at radius 1 is 0.935 bits per heavy atom. The Morgan fingerprint density at radius 3 is 2.32 bits per heavy atom. The molecule has 4 rings (SSSR count). The van der Waals surface area contributed by atoms with Crippen LogP contribution in [0, 0.1) is 46.3 Å². The lowest BCUT2D eigenvalue weighted by atomic mass is 9.44. The van der Waals surface area contributed by atoms with Gasteiger partial charge in [-0.25, -0.2) is 0 Å². The number of fused-ring (bicyclic) bond motifs is 5. The monoisotopic (exact) mass is 430 g/mol. The molecule has 0 saturated heterocycles. The first-order valence-corrected chi connectivity index (χ1v) is 12.9. The number of aliphatic hydroxyl groups excluding tert-OH is 2. The summed E-state index contributed by atoms with van der Waals surface area (Å²) in [5.41, 5.74) is 0.111. The van der Waals surface area contributed by atoms with Crippen molar-refractivity contribution < 1.29 is 15.3 Å². The van der Waals surface area contributed by atoms with Crippen LogP contribution in [0.4, 0.5) is 0 Å². The van der Waals surface area contributed by atoms with Crippen LogP contribution in [0.15, 0.2) is 23.8 Å². The molecule has 3 saturated carbocycles. The molecule has 1 unspecified atom stereocenters. The van der Waals surface area contributed by atoms with Crippen LogP contribution in [0.3, 0.4) is 0 Å². The Labute approximate surface area is 190 Å². The van der Waals surface area contributed by atoms with Crippen LogP contribution in [0.2, 0.25) is 0 Å². The van der Waals surface area contributed by atoms with E-state index in [1.165, 1.54) is 5.57 Å². The molecule has 0 aromatic heterocycles. The van der Waals surface area contributed by atoms with Gasteiger partial charge < -0.3 is 15.3 Å². The van der Waals surface area contributed by atoms with Gasteiger partial charge in [0, 0.05) is 0 Å². The molecule has 0 heterocycles. The predicted octanol–water partition coefficient (Wildman–Crippen LogP) is 5.50. The highest BCUT2D eigenvalue weighted by molar-refractivity contribution is 5.32. The summed E-state index contributed by atoms with van der Waals surface area (Å²) in [7, 11) is 0. The fourth-order valence-corrected chi connectivity index (χ4v) is 8.32. The first-order valence-electron chi connectivity index (χ1n) is 12.9. The van der Waals surface area contributed by atoms with Gasteiger partial charge in [-0.1, -0.05) is 65.3 Å². The van der Waals surface area contributed by atoms with Crippen LogP contribution in [-0.4, -0.2) is 33.1 Å². The van der Waals surface area contributed by atoms with E-state index in [-0.39, 0.29) is 28.8 Å². The van der Waals surface area contributed by atoms with Gasteiger partial charge in [-0.15, -0.1) is 0 Å². The van der Waals surface area contributed by atoms with E-state index in [1.807, 2.05) is 6.08 Å². The summed E-state index contributed by atoms with van der Waals surface area (Å²) in [4.78, 5) is 0. The topological polar surface area (TPSA) is 60.7 Å². The van der Waals surface area contributed by atoms with Crippen molar-refractivity contribution in [1.29, 1.82) is 0 Å². The summed E-state index contributed by atoms with van der Waals surface area (Å²) < 4.78 is 0. The van der Waals surface area contributed by atoms with E-state index in [1.54, 1.807) is 0 Å². The number of rotatable bonds is 4. The molecule has 176 valence electrons. The van der Waals surface area contributed by atoms with Crippen molar-refractivity contribution in [3.63, 3.8) is 0 Å². The van der Waals surface area contributed by atoms with Gasteiger partial charge in [0.2, 0.25) is 0 Å². The van der Waals surface area contributed by atoms with Gasteiger partial charge in [0.1, 0.15) is 11.7 Å². The van der Waals surface area contributed by atoms with Crippen molar-refractivity contribution in [3.05, 3.63) is 23.8 Å². The van der Waals surface area contributed by atoms with Gasteiger partial charge in [0.15, 0.2) is 0 Å². The first-order chi connectivity index (χ1) is 14.4. The largest absolute Gasteiger partial charge is 0.393 e. The van der Waals surface area contributed by atoms with Gasteiger partial charge in [-0.05, 0) is 91.3 Å². The molecule has 0 amide bonds. The Morgan fingerprint density at radius 2 is 1.65 bits per heavy atom. The maximum atomic E-state index is 12.3. The summed E-state index contributed by atoms with van der Waals surface area (Å²) in [5.74, 6) is 2.50. The average molecular weight is 431 g/mol. The zero-order chi connectivity index (χ0) is 22.8. The van der Waals surface area contributed by atoms with Crippen molar-refractivity contribution in [1.82, 2.24) is 0 Å². The zero-order valence-electron chi connectivity index (χ0n) is 20.6.